The van der Waals surface area contributed by atoms with E-state index in [0.29, 0.717) is 34.5 Å². The Labute approximate surface area is 189 Å². The Morgan fingerprint density at radius 2 is 2.03 bits per heavy atom. The quantitative estimate of drug-likeness (QED) is 0.348. The van der Waals surface area contributed by atoms with Crippen molar-refractivity contribution in [1.29, 1.82) is 0 Å². The summed E-state index contributed by atoms with van der Waals surface area (Å²) in [5, 5.41) is 32.6. The number of aliphatic carboxylic acids is 1. The Morgan fingerprint density at radius 3 is 2.75 bits per heavy atom. The number of aromatic nitrogens is 5. The highest BCUT2D eigenvalue weighted by Crippen LogP contribution is 2.43. The molecule has 2 aromatic heterocycles. The van der Waals surface area contributed by atoms with Crippen molar-refractivity contribution in [3.05, 3.63) is 35.9 Å². The number of carboxylic acid groups (broad SMARTS) is 1. The molecule has 2 aliphatic carbocycles. The highest BCUT2D eigenvalue weighted by atomic mass is 32.2. The summed E-state index contributed by atoms with van der Waals surface area (Å²) in [5.74, 6) is 0.463. The van der Waals surface area contributed by atoms with Crippen molar-refractivity contribution in [2.75, 3.05) is 11.1 Å². The molecule has 0 bridgehead atoms. The predicted molar refractivity (Wildman–Crippen MR) is 121 cm³/mol. The Kier molecular flexibility index (Phi) is 5.73. The molecule has 1 aromatic carbocycles. The maximum Gasteiger partial charge on any atom is 0.306 e. The Hall–Kier alpha value is -2.72. The Bertz CT molecular complexity index is 1120. The normalized spacial score (nSPS) is 27.0. The number of anilines is 1. The molecular weight excluding hydrogens is 428 g/mol. The van der Waals surface area contributed by atoms with Gasteiger partial charge in [0, 0.05) is 17.7 Å². The summed E-state index contributed by atoms with van der Waals surface area (Å²) < 4.78 is 1.59. The first-order valence-electron chi connectivity index (χ1n) is 11.0. The van der Waals surface area contributed by atoms with Crippen LogP contribution in [-0.2, 0) is 4.79 Å². The molecular formula is C22H26N6O3S. The number of hydrogen-bond donors (Lipinski definition) is 3. The molecule has 2 aliphatic rings. The van der Waals surface area contributed by atoms with Crippen LogP contribution in [0.5, 0.6) is 0 Å². The molecule has 0 amide bonds. The van der Waals surface area contributed by atoms with Gasteiger partial charge in [0.1, 0.15) is 0 Å². The van der Waals surface area contributed by atoms with E-state index in [4.69, 9.17) is 4.98 Å². The van der Waals surface area contributed by atoms with Gasteiger partial charge in [0.2, 0.25) is 0 Å². The van der Waals surface area contributed by atoms with Gasteiger partial charge in [-0.3, -0.25) is 4.79 Å². The van der Waals surface area contributed by atoms with Crippen LogP contribution in [0.3, 0.4) is 0 Å². The van der Waals surface area contributed by atoms with Crippen molar-refractivity contribution in [3.63, 3.8) is 0 Å². The van der Waals surface area contributed by atoms with E-state index in [0.717, 1.165) is 18.6 Å². The standard InChI is InChI=1S/C22H26N6O3S/c1-2-8-32-22-24-19(23-15-11-14(15)12-6-4-3-5-7-12)18-20(25-22)28(27-26-18)16-9-13(21(30)31)10-17(16)29/h3-7,13-17,29H,2,8-11H2,1H3,(H,30,31)(H,23,24,25)/t13-,14+,15?,16+,17+/m1/s1. The molecule has 0 saturated heterocycles. The summed E-state index contributed by atoms with van der Waals surface area (Å²) in [6.45, 7) is 2.10. The number of aliphatic hydroxyl groups excluding tert-OH is 1. The van der Waals surface area contributed by atoms with Crippen LogP contribution in [-0.4, -0.2) is 59.0 Å². The monoisotopic (exact) mass is 454 g/mol. The van der Waals surface area contributed by atoms with Crippen LogP contribution < -0.4 is 5.32 Å². The van der Waals surface area contributed by atoms with Crippen LogP contribution in [0.1, 0.15) is 50.1 Å². The molecule has 9 nitrogen and oxygen atoms in total. The summed E-state index contributed by atoms with van der Waals surface area (Å²) in [6.07, 6.45) is 1.72. The highest BCUT2D eigenvalue weighted by Gasteiger charge is 2.41. The van der Waals surface area contributed by atoms with E-state index in [1.165, 1.54) is 5.56 Å². The van der Waals surface area contributed by atoms with Gasteiger partial charge in [-0.1, -0.05) is 54.2 Å². The topological polar surface area (TPSA) is 126 Å². The second kappa shape index (κ2) is 8.67. The SMILES string of the molecule is CCCSc1nc(NC2C[C@H]2c2ccccc2)c2nnn([C@H]3C[C@@H](C(=O)O)C[C@@H]3O)c2n1. The Morgan fingerprint density at radius 1 is 1.22 bits per heavy atom. The number of carboxylic acids is 1. The van der Waals surface area contributed by atoms with Crippen molar-refractivity contribution in [2.45, 2.75) is 61.9 Å². The van der Waals surface area contributed by atoms with E-state index in [9.17, 15) is 15.0 Å². The van der Waals surface area contributed by atoms with E-state index in [-0.39, 0.29) is 12.5 Å². The molecule has 2 fully saturated rings. The molecule has 5 atom stereocenters. The molecule has 1 unspecified atom stereocenters. The third-order valence-electron chi connectivity index (χ3n) is 6.24. The number of thioether (sulfide) groups is 1. The lowest BCUT2D eigenvalue weighted by molar-refractivity contribution is -0.141. The first-order valence-corrected chi connectivity index (χ1v) is 12.0. The molecule has 32 heavy (non-hydrogen) atoms. The van der Waals surface area contributed by atoms with Crippen molar-refractivity contribution in [3.8, 4) is 0 Å². The number of benzene rings is 1. The van der Waals surface area contributed by atoms with Crippen LogP contribution in [0.25, 0.3) is 11.2 Å². The molecule has 2 heterocycles. The number of rotatable bonds is 8. The van der Waals surface area contributed by atoms with Gasteiger partial charge in [-0.05, 0) is 31.2 Å². The van der Waals surface area contributed by atoms with Crippen molar-refractivity contribution in [2.24, 2.45) is 5.92 Å². The predicted octanol–water partition coefficient (Wildman–Crippen LogP) is 3.09. The third kappa shape index (κ3) is 4.04. The average molecular weight is 455 g/mol. The largest absolute Gasteiger partial charge is 0.481 e. The minimum atomic E-state index is -0.896. The van der Waals surface area contributed by atoms with Crippen LogP contribution >= 0.6 is 11.8 Å². The van der Waals surface area contributed by atoms with E-state index in [1.807, 2.05) is 6.07 Å². The number of hydrogen-bond acceptors (Lipinski definition) is 8. The van der Waals surface area contributed by atoms with E-state index in [1.54, 1.807) is 16.4 Å². The van der Waals surface area contributed by atoms with Crippen molar-refractivity contribution < 1.29 is 15.0 Å². The van der Waals surface area contributed by atoms with Crippen LogP contribution in [0.4, 0.5) is 5.82 Å². The third-order valence-corrected chi connectivity index (χ3v) is 7.29. The summed E-state index contributed by atoms with van der Waals surface area (Å²) in [7, 11) is 0. The van der Waals surface area contributed by atoms with Gasteiger partial charge in [-0.25, -0.2) is 14.6 Å². The van der Waals surface area contributed by atoms with E-state index < -0.39 is 24.0 Å². The van der Waals surface area contributed by atoms with Gasteiger partial charge in [0.05, 0.1) is 18.1 Å². The lowest BCUT2D eigenvalue weighted by Crippen LogP contribution is -2.20. The minimum absolute atomic E-state index is 0.204. The fraction of sp³-hybridized carbons (Fsp3) is 0.500. The molecule has 3 aromatic rings. The second-order valence-corrected chi connectivity index (χ2v) is 9.62. The van der Waals surface area contributed by atoms with Crippen molar-refractivity contribution >= 4 is 34.7 Å². The molecule has 168 valence electrons. The lowest BCUT2D eigenvalue weighted by Gasteiger charge is -2.15. The van der Waals surface area contributed by atoms with Gasteiger partial charge in [0.25, 0.3) is 0 Å². The number of carbonyl (C=O) groups is 1. The summed E-state index contributed by atoms with van der Waals surface area (Å²) in [6, 6.07) is 10.2. The van der Waals surface area contributed by atoms with Gasteiger partial charge in [-0.2, -0.15) is 0 Å². The van der Waals surface area contributed by atoms with Gasteiger partial charge in [0.15, 0.2) is 22.1 Å². The fourth-order valence-electron chi connectivity index (χ4n) is 4.45. The summed E-state index contributed by atoms with van der Waals surface area (Å²) in [4.78, 5) is 20.8. The zero-order chi connectivity index (χ0) is 22.2. The molecule has 0 radical (unpaired) electrons. The molecule has 2 saturated carbocycles. The lowest BCUT2D eigenvalue weighted by atomic mass is 10.1. The van der Waals surface area contributed by atoms with Crippen LogP contribution in [0.2, 0.25) is 0 Å². The summed E-state index contributed by atoms with van der Waals surface area (Å²) >= 11 is 1.57. The number of aliphatic hydroxyl groups is 1. The number of nitrogens with one attached hydrogen (secondary N) is 1. The first kappa shape index (κ1) is 21.1. The zero-order valence-corrected chi connectivity index (χ0v) is 18.6. The van der Waals surface area contributed by atoms with Gasteiger partial charge >= 0.3 is 5.97 Å². The fourth-order valence-corrected chi connectivity index (χ4v) is 5.14. The molecule has 3 N–H and O–H groups in total. The molecule has 5 rings (SSSR count). The van der Waals surface area contributed by atoms with Gasteiger partial charge < -0.3 is 15.5 Å². The van der Waals surface area contributed by atoms with Crippen LogP contribution in [0, 0.1) is 5.92 Å². The maximum atomic E-state index is 11.4. The zero-order valence-electron chi connectivity index (χ0n) is 17.8. The average Bonchev–Trinajstić information content (AvgIpc) is 3.25. The van der Waals surface area contributed by atoms with Crippen LogP contribution in [0.15, 0.2) is 35.5 Å². The van der Waals surface area contributed by atoms with E-state index >= 15 is 0 Å². The maximum absolute atomic E-state index is 11.4. The summed E-state index contributed by atoms with van der Waals surface area (Å²) in [5.41, 5.74) is 2.39. The molecule has 0 aliphatic heterocycles. The molecule has 0 spiro atoms. The first-order chi connectivity index (χ1) is 15.5. The minimum Gasteiger partial charge on any atom is -0.481 e. The van der Waals surface area contributed by atoms with Crippen molar-refractivity contribution in [1.82, 2.24) is 25.0 Å². The number of nitrogens with zero attached hydrogens (tertiary/aromatic N) is 5. The highest BCUT2D eigenvalue weighted by molar-refractivity contribution is 7.99. The molecule has 10 heteroatoms. The van der Waals surface area contributed by atoms with E-state index in [2.05, 4.69) is 51.8 Å². The smallest absolute Gasteiger partial charge is 0.306 e. The second-order valence-electron chi connectivity index (χ2n) is 8.55. The van der Waals surface area contributed by atoms with Gasteiger partial charge in [-0.15, -0.1) is 5.10 Å². The number of fused-ring (bicyclic) bond motifs is 1. The Balaban J connectivity index is 1.46.